The Labute approximate surface area is 178 Å². The number of nitrogens with zero attached hydrogens (tertiary/aromatic N) is 2. The fourth-order valence-corrected chi connectivity index (χ4v) is 4.63. The molecule has 2 amide bonds. The molecule has 0 radical (unpaired) electrons. The number of ether oxygens (including phenoxy) is 1. The number of hydrogen-bond donors (Lipinski definition) is 2. The largest absolute Gasteiger partial charge is 0.495 e. The van der Waals surface area contributed by atoms with Gasteiger partial charge in [0.05, 0.1) is 23.4 Å². The molecule has 11 heteroatoms. The molecule has 0 bridgehead atoms. The maximum Gasteiger partial charge on any atom is 0.267 e. The van der Waals surface area contributed by atoms with E-state index in [0.29, 0.717) is 30.8 Å². The van der Waals surface area contributed by atoms with Crippen LogP contribution in [-0.4, -0.2) is 34.9 Å². The number of nitrogens with one attached hydrogen (secondary N) is 2. The molecule has 0 aliphatic heterocycles. The van der Waals surface area contributed by atoms with Crippen molar-refractivity contribution in [3.8, 4) is 5.75 Å². The molecule has 3 rings (SSSR count). The molecule has 3 aromatic rings. The number of aromatic nitrogens is 2. The quantitative estimate of drug-likeness (QED) is 0.401. The molecule has 2 aromatic heterocycles. The Morgan fingerprint density at radius 2 is 2.07 bits per heavy atom. The number of methoxy groups -OCH3 is 1. The summed E-state index contributed by atoms with van der Waals surface area (Å²) < 4.78 is 5.78. The van der Waals surface area contributed by atoms with Crippen molar-refractivity contribution in [1.29, 1.82) is 0 Å². The average Bonchev–Trinajstić information content (AvgIpc) is 3.29. The molecule has 1 aromatic carbocycles. The summed E-state index contributed by atoms with van der Waals surface area (Å²) in [6.07, 6.45) is 0. The molecule has 7 nitrogen and oxygen atoms in total. The first-order chi connectivity index (χ1) is 13.4. The highest BCUT2D eigenvalue weighted by Crippen LogP contribution is 2.29. The number of rotatable bonds is 7. The van der Waals surface area contributed by atoms with Crippen LogP contribution in [0.25, 0.3) is 0 Å². The third kappa shape index (κ3) is 5.44. The van der Waals surface area contributed by atoms with E-state index in [0.717, 1.165) is 5.56 Å². The van der Waals surface area contributed by atoms with Gasteiger partial charge in [-0.1, -0.05) is 34.7 Å². The van der Waals surface area contributed by atoms with Gasteiger partial charge < -0.3 is 10.1 Å². The van der Waals surface area contributed by atoms with Gasteiger partial charge in [0.25, 0.3) is 5.91 Å². The van der Waals surface area contributed by atoms with Crippen LogP contribution < -0.4 is 15.4 Å². The molecule has 28 heavy (non-hydrogen) atoms. The topological polar surface area (TPSA) is 93.2 Å². The highest BCUT2D eigenvalue weighted by molar-refractivity contribution is 8.01. The minimum atomic E-state index is -0.236. The van der Waals surface area contributed by atoms with Crippen LogP contribution in [0.2, 0.25) is 5.02 Å². The zero-order valence-corrected chi connectivity index (χ0v) is 18.0. The second kappa shape index (κ2) is 9.37. The Morgan fingerprint density at radius 3 is 2.79 bits per heavy atom. The predicted molar refractivity (Wildman–Crippen MR) is 114 cm³/mol. The number of thioether (sulfide) groups is 1. The average molecular weight is 455 g/mol. The van der Waals surface area contributed by atoms with Crippen LogP contribution in [0.3, 0.4) is 0 Å². The lowest BCUT2D eigenvalue weighted by Gasteiger charge is -2.09. The smallest absolute Gasteiger partial charge is 0.267 e. The number of amides is 2. The van der Waals surface area contributed by atoms with E-state index in [1.165, 1.54) is 41.5 Å². The van der Waals surface area contributed by atoms with Crippen molar-refractivity contribution in [2.24, 2.45) is 0 Å². The standard InChI is InChI=1S/C17H15ClN4O3S3/c1-9-5-13(26-7-9)15(24)20-16-21-22-17(28-16)27-8-14(23)19-11-6-10(18)3-4-12(11)25-2/h3-7H,8H2,1-2H3,(H,19,23)(H,20,21,24). The molecule has 0 saturated heterocycles. The van der Waals surface area contributed by atoms with E-state index in [1.54, 1.807) is 18.2 Å². The maximum atomic E-state index is 12.2. The number of anilines is 2. The van der Waals surface area contributed by atoms with Gasteiger partial charge in [-0.05, 0) is 42.1 Å². The van der Waals surface area contributed by atoms with E-state index in [4.69, 9.17) is 16.3 Å². The highest BCUT2D eigenvalue weighted by atomic mass is 35.5. The molecule has 0 unspecified atom stereocenters. The van der Waals surface area contributed by atoms with E-state index in [1.807, 2.05) is 18.4 Å². The van der Waals surface area contributed by atoms with Gasteiger partial charge in [0.1, 0.15) is 5.75 Å². The number of hydrogen-bond acceptors (Lipinski definition) is 8. The molecular formula is C17H15ClN4O3S3. The summed E-state index contributed by atoms with van der Waals surface area (Å²) in [5.74, 6) is 0.187. The van der Waals surface area contributed by atoms with Gasteiger partial charge >= 0.3 is 0 Å². The first kappa shape index (κ1) is 20.6. The van der Waals surface area contributed by atoms with Crippen molar-refractivity contribution in [2.45, 2.75) is 11.3 Å². The minimum absolute atomic E-state index is 0.127. The van der Waals surface area contributed by atoms with Gasteiger partial charge in [-0.25, -0.2) is 0 Å². The molecular weight excluding hydrogens is 440 g/mol. The molecule has 0 atom stereocenters. The molecule has 146 valence electrons. The van der Waals surface area contributed by atoms with Crippen LogP contribution >= 0.6 is 46.0 Å². The summed E-state index contributed by atoms with van der Waals surface area (Å²) in [5.41, 5.74) is 1.53. The summed E-state index contributed by atoms with van der Waals surface area (Å²) in [4.78, 5) is 24.9. The Hall–Kier alpha value is -2.14. The summed E-state index contributed by atoms with van der Waals surface area (Å²) in [6, 6.07) is 6.79. The number of aryl methyl sites for hydroxylation is 1. The first-order valence-corrected chi connectivity index (χ1v) is 11.0. The second-order valence-electron chi connectivity index (χ2n) is 5.50. The molecule has 0 fully saturated rings. The van der Waals surface area contributed by atoms with Crippen LogP contribution in [0.4, 0.5) is 10.8 Å². The number of carbonyl (C=O) groups is 2. The van der Waals surface area contributed by atoms with Crippen molar-refractivity contribution in [3.05, 3.63) is 45.1 Å². The summed E-state index contributed by atoms with van der Waals surface area (Å²) in [6.45, 7) is 1.93. The number of benzene rings is 1. The van der Waals surface area contributed by atoms with E-state index in [2.05, 4.69) is 20.8 Å². The van der Waals surface area contributed by atoms with E-state index < -0.39 is 0 Å². The SMILES string of the molecule is COc1ccc(Cl)cc1NC(=O)CSc1nnc(NC(=O)c2cc(C)cs2)s1. The number of carbonyl (C=O) groups excluding carboxylic acids is 2. The summed E-state index contributed by atoms with van der Waals surface area (Å²) in [7, 11) is 1.52. The molecule has 2 N–H and O–H groups in total. The molecule has 0 saturated carbocycles. The third-order valence-corrected chi connectivity index (χ3v) is 6.60. The third-order valence-electron chi connectivity index (χ3n) is 3.34. The highest BCUT2D eigenvalue weighted by Gasteiger charge is 2.14. The van der Waals surface area contributed by atoms with Crippen molar-refractivity contribution >= 4 is 68.7 Å². The lowest BCUT2D eigenvalue weighted by Crippen LogP contribution is -2.14. The van der Waals surface area contributed by atoms with Gasteiger partial charge in [0.15, 0.2) is 4.34 Å². The van der Waals surface area contributed by atoms with Crippen molar-refractivity contribution in [3.63, 3.8) is 0 Å². The van der Waals surface area contributed by atoms with Gasteiger partial charge in [0, 0.05) is 5.02 Å². The molecule has 2 heterocycles. The molecule has 0 aliphatic rings. The fourth-order valence-electron chi connectivity index (χ4n) is 2.12. The zero-order valence-electron chi connectivity index (χ0n) is 14.8. The Bertz CT molecular complexity index is 1010. The first-order valence-electron chi connectivity index (χ1n) is 7.91. The minimum Gasteiger partial charge on any atom is -0.495 e. The van der Waals surface area contributed by atoms with E-state index in [9.17, 15) is 9.59 Å². The monoisotopic (exact) mass is 454 g/mol. The fraction of sp³-hybridized carbons (Fsp3) is 0.176. The van der Waals surface area contributed by atoms with Gasteiger partial charge in [-0.15, -0.1) is 21.5 Å². The predicted octanol–water partition coefficient (Wildman–Crippen LogP) is 4.55. The van der Waals surface area contributed by atoms with E-state index >= 15 is 0 Å². The second-order valence-corrected chi connectivity index (χ2v) is 9.04. The van der Waals surface area contributed by atoms with Crippen LogP contribution in [-0.2, 0) is 4.79 Å². The van der Waals surface area contributed by atoms with Crippen LogP contribution in [0.5, 0.6) is 5.75 Å². The van der Waals surface area contributed by atoms with Crippen LogP contribution in [0, 0.1) is 6.92 Å². The Morgan fingerprint density at radius 1 is 1.25 bits per heavy atom. The van der Waals surface area contributed by atoms with E-state index in [-0.39, 0.29) is 17.6 Å². The maximum absolute atomic E-state index is 12.2. The molecule has 0 spiro atoms. The van der Waals surface area contributed by atoms with Crippen molar-refractivity contribution in [1.82, 2.24) is 10.2 Å². The summed E-state index contributed by atoms with van der Waals surface area (Å²) >= 11 is 9.76. The van der Waals surface area contributed by atoms with Crippen LogP contribution in [0.15, 0.2) is 34.0 Å². The zero-order chi connectivity index (χ0) is 20.1. The number of thiophene rings is 1. The number of halogens is 1. The Balaban J connectivity index is 1.53. The normalized spacial score (nSPS) is 10.5. The van der Waals surface area contributed by atoms with Gasteiger partial charge in [0.2, 0.25) is 11.0 Å². The van der Waals surface area contributed by atoms with Gasteiger partial charge in [-0.2, -0.15) is 0 Å². The summed E-state index contributed by atoms with van der Waals surface area (Å²) in [5, 5.41) is 16.2. The lowest BCUT2D eigenvalue weighted by molar-refractivity contribution is -0.113. The molecule has 0 aliphatic carbocycles. The Kier molecular flexibility index (Phi) is 6.89. The van der Waals surface area contributed by atoms with Crippen LogP contribution in [0.1, 0.15) is 15.2 Å². The lowest BCUT2D eigenvalue weighted by atomic mass is 10.3. The van der Waals surface area contributed by atoms with Gasteiger partial charge in [-0.3, -0.25) is 14.9 Å². The van der Waals surface area contributed by atoms with Crippen molar-refractivity contribution in [2.75, 3.05) is 23.5 Å². The van der Waals surface area contributed by atoms with Crippen molar-refractivity contribution < 1.29 is 14.3 Å².